The van der Waals surface area contributed by atoms with E-state index in [1.165, 1.54) is 0 Å². The Hall–Kier alpha value is -0.990. The minimum atomic E-state index is 0.238. The normalized spacial score (nSPS) is 11.1. The van der Waals surface area contributed by atoms with Crippen LogP contribution in [0.2, 0.25) is 10.0 Å². The Morgan fingerprint density at radius 1 is 1.25 bits per heavy atom. The Morgan fingerprint density at radius 3 is 2.38 bits per heavy atom. The summed E-state index contributed by atoms with van der Waals surface area (Å²) in [4.78, 5) is 0. The number of hydrogen-bond acceptors (Lipinski definition) is 2. The Balaban J connectivity index is 2.50. The maximum atomic E-state index is 6.07. The van der Waals surface area contributed by atoms with Crippen molar-refractivity contribution < 1.29 is 4.52 Å². The fourth-order valence-electron chi connectivity index (χ4n) is 1.34. The van der Waals surface area contributed by atoms with Crippen molar-refractivity contribution in [3.8, 4) is 11.3 Å². The van der Waals surface area contributed by atoms with E-state index >= 15 is 0 Å². The van der Waals surface area contributed by atoms with E-state index in [0.717, 1.165) is 0 Å². The maximum absolute atomic E-state index is 6.07. The van der Waals surface area contributed by atoms with Crippen LogP contribution in [-0.2, 0) is 0 Å². The van der Waals surface area contributed by atoms with Crippen molar-refractivity contribution in [1.82, 2.24) is 5.16 Å². The van der Waals surface area contributed by atoms with Crippen LogP contribution in [0.4, 0.5) is 0 Å². The quantitative estimate of drug-likeness (QED) is 0.785. The fraction of sp³-hybridized carbons (Fsp3) is 0.250. The van der Waals surface area contributed by atoms with Gasteiger partial charge in [0.15, 0.2) is 0 Å². The molecular weight excluding hydrogens is 245 g/mol. The van der Waals surface area contributed by atoms with Crippen molar-refractivity contribution in [2.24, 2.45) is 0 Å². The Morgan fingerprint density at radius 2 is 1.88 bits per heavy atom. The summed E-state index contributed by atoms with van der Waals surface area (Å²) in [6.07, 6.45) is 0. The molecule has 16 heavy (non-hydrogen) atoms. The van der Waals surface area contributed by atoms with Gasteiger partial charge in [0.25, 0.3) is 0 Å². The molecule has 0 aliphatic rings. The van der Waals surface area contributed by atoms with Gasteiger partial charge in [0.05, 0.1) is 16.1 Å². The van der Waals surface area contributed by atoms with Gasteiger partial charge in [-0.3, -0.25) is 0 Å². The summed E-state index contributed by atoms with van der Waals surface area (Å²) in [6, 6.07) is 8.38. The second kappa shape index (κ2) is 4.48. The predicted octanol–water partition coefficient (Wildman–Crippen LogP) is 4.57. The Bertz CT molecular complexity index is 485. The van der Waals surface area contributed by atoms with E-state index in [1.54, 1.807) is 18.2 Å². The van der Waals surface area contributed by atoms with Gasteiger partial charge < -0.3 is 4.52 Å². The minimum Gasteiger partial charge on any atom is -0.360 e. The molecule has 0 saturated heterocycles. The average Bonchev–Trinajstić information content (AvgIpc) is 2.66. The predicted molar refractivity (Wildman–Crippen MR) is 64.9 cm³/mol. The molecule has 83 valence electrons. The van der Waals surface area contributed by atoms with Gasteiger partial charge in [0, 0.05) is 11.5 Å². The van der Waals surface area contributed by atoms with Crippen molar-refractivity contribution >= 4 is 23.2 Å². The molecule has 0 aliphatic heterocycles. The molecule has 0 aliphatic carbocycles. The van der Waals surface area contributed by atoms with Gasteiger partial charge in [-0.1, -0.05) is 48.3 Å². The Labute approximate surface area is 104 Å². The molecule has 0 bridgehead atoms. The molecule has 4 heteroatoms. The van der Waals surface area contributed by atoms with Crippen LogP contribution >= 0.6 is 23.2 Å². The molecule has 0 fully saturated rings. The average molecular weight is 255 g/mol. The van der Waals surface area contributed by atoms with Crippen LogP contribution in [0.5, 0.6) is 0 Å². The van der Waals surface area contributed by atoms with Gasteiger partial charge in [0.2, 0.25) is 0 Å². The van der Waals surface area contributed by atoms with Crippen molar-refractivity contribution in [1.29, 1.82) is 0 Å². The van der Waals surface area contributed by atoms with Crippen molar-refractivity contribution in [2.75, 3.05) is 0 Å². The maximum Gasteiger partial charge on any atom is 0.147 e. The highest BCUT2D eigenvalue weighted by Crippen LogP contribution is 2.34. The van der Waals surface area contributed by atoms with Crippen LogP contribution in [0.1, 0.15) is 25.5 Å². The summed E-state index contributed by atoms with van der Waals surface area (Å²) in [5, 5.41) is 5.03. The SMILES string of the molecule is CC(C)c1[c]c(-c2c(Cl)cccc2Cl)no1. The zero-order valence-electron chi connectivity index (χ0n) is 8.92. The summed E-state index contributed by atoms with van der Waals surface area (Å²) < 4.78 is 5.17. The lowest BCUT2D eigenvalue weighted by Gasteiger charge is -2.01. The van der Waals surface area contributed by atoms with Crippen LogP contribution in [0, 0.1) is 6.07 Å². The van der Waals surface area contributed by atoms with E-state index in [2.05, 4.69) is 11.2 Å². The van der Waals surface area contributed by atoms with Crippen molar-refractivity contribution in [3.05, 3.63) is 40.1 Å². The number of aromatic nitrogens is 1. The fourth-order valence-corrected chi connectivity index (χ4v) is 1.92. The van der Waals surface area contributed by atoms with Crippen molar-refractivity contribution in [2.45, 2.75) is 19.8 Å². The molecular formula is C12H10Cl2NO. The summed E-state index contributed by atoms with van der Waals surface area (Å²) >= 11 is 12.1. The molecule has 2 rings (SSSR count). The van der Waals surface area contributed by atoms with Gasteiger partial charge >= 0.3 is 0 Å². The van der Waals surface area contributed by atoms with Gasteiger partial charge in [-0.2, -0.15) is 0 Å². The first-order valence-electron chi connectivity index (χ1n) is 4.93. The summed E-state index contributed by atoms with van der Waals surface area (Å²) in [6.45, 7) is 4.02. The largest absolute Gasteiger partial charge is 0.360 e. The molecule has 2 aromatic rings. The third kappa shape index (κ3) is 2.08. The number of nitrogens with zero attached hydrogens (tertiary/aromatic N) is 1. The molecule has 0 spiro atoms. The molecule has 1 radical (unpaired) electrons. The Kier molecular flexibility index (Phi) is 3.22. The molecule has 0 saturated carbocycles. The van der Waals surface area contributed by atoms with Gasteiger partial charge in [0.1, 0.15) is 11.5 Å². The number of halogens is 2. The van der Waals surface area contributed by atoms with Crippen LogP contribution in [0.15, 0.2) is 22.7 Å². The van der Waals surface area contributed by atoms with Crippen LogP contribution in [0.25, 0.3) is 11.3 Å². The second-order valence-electron chi connectivity index (χ2n) is 3.77. The van der Waals surface area contributed by atoms with Crippen molar-refractivity contribution in [3.63, 3.8) is 0 Å². The molecule has 2 nitrogen and oxygen atoms in total. The smallest absolute Gasteiger partial charge is 0.147 e. The lowest BCUT2D eigenvalue weighted by atomic mass is 10.1. The number of benzene rings is 1. The van der Waals surface area contributed by atoms with Crippen LogP contribution < -0.4 is 0 Å². The monoisotopic (exact) mass is 254 g/mol. The topological polar surface area (TPSA) is 26.0 Å². The van der Waals surface area contributed by atoms with E-state index in [0.29, 0.717) is 27.1 Å². The number of rotatable bonds is 2. The lowest BCUT2D eigenvalue weighted by molar-refractivity contribution is 0.372. The zero-order chi connectivity index (χ0) is 11.7. The minimum absolute atomic E-state index is 0.238. The third-order valence-electron chi connectivity index (χ3n) is 2.20. The van der Waals surface area contributed by atoms with Gasteiger partial charge in [-0.25, -0.2) is 0 Å². The molecule has 0 amide bonds. The molecule has 0 N–H and O–H groups in total. The molecule has 0 atom stereocenters. The first-order chi connectivity index (χ1) is 7.59. The van der Waals surface area contributed by atoms with Crippen LogP contribution in [0.3, 0.4) is 0 Å². The standard InChI is InChI=1S/C12H10Cl2NO/c1-7(2)11-6-10(15-16-11)12-8(13)4-3-5-9(12)14/h3-5,7H,1-2H3. The van der Waals surface area contributed by atoms with E-state index in [1.807, 2.05) is 13.8 Å². The van der Waals surface area contributed by atoms with E-state index < -0.39 is 0 Å². The highest BCUT2D eigenvalue weighted by Gasteiger charge is 2.15. The first kappa shape index (κ1) is 11.5. The highest BCUT2D eigenvalue weighted by molar-refractivity contribution is 6.39. The molecule has 1 aromatic carbocycles. The lowest BCUT2D eigenvalue weighted by Crippen LogP contribution is -1.82. The molecule has 1 heterocycles. The molecule has 1 aromatic heterocycles. The van der Waals surface area contributed by atoms with Gasteiger partial charge in [-0.15, -0.1) is 0 Å². The zero-order valence-corrected chi connectivity index (χ0v) is 10.4. The number of hydrogen-bond donors (Lipinski definition) is 0. The highest BCUT2D eigenvalue weighted by atomic mass is 35.5. The van der Waals surface area contributed by atoms with Crippen LogP contribution in [-0.4, -0.2) is 5.16 Å². The molecule has 0 unspecified atom stereocenters. The third-order valence-corrected chi connectivity index (χ3v) is 2.83. The summed E-state index contributed by atoms with van der Waals surface area (Å²) in [5.74, 6) is 0.938. The summed E-state index contributed by atoms with van der Waals surface area (Å²) in [7, 11) is 0. The van der Waals surface area contributed by atoms with Gasteiger partial charge in [-0.05, 0) is 12.1 Å². The summed E-state index contributed by atoms with van der Waals surface area (Å²) in [5.41, 5.74) is 1.22. The van der Waals surface area contributed by atoms with E-state index in [9.17, 15) is 0 Å². The van der Waals surface area contributed by atoms with E-state index in [4.69, 9.17) is 27.7 Å². The first-order valence-corrected chi connectivity index (χ1v) is 5.68. The van der Waals surface area contributed by atoms with E-state index in [-0.39, 0.29) is 5.92 Å². The second-order valence-corrected chi connectivity index (χ2v) is 4.59.